The summed E-state index contributed by atoms with van der Waals surface area (Å²) in [5.74, 6) is 1.49. The lowest BCUT2D eigenvalue weighted by atomic mass is 9.85. The Hall–Kier alpha value is -0.840. The second-order valence-electron chi connectivity index (χ2n) is 6.38. The van der Waals surface area contributed by atoms with E-state index in [9.17, 15) is 4.79 Å². The molecule has 2 aliphatic rings. The van der Waals surface area contributed by atoms with E-state index in [4.69, 9.17) is 0 Å². The normalized spacial score (nSPS) is 20.5. The van der Waals surface area contributed by atoms with Gasteiger partial charge in [-0.05, 0) is 54.0 Å². The number of anilines is 1. The van der Waals surface area contributed by atoms with Crippen LogP contribution in [0.2, 0.25) is 0 Å². The number of rotatable bonds is 6. The van der Waals surface area contributed by atoms with E-state index >= 15 is 0 Å². The van der Waals surface area contributed by atoms with E-state index in [-0.39, 0.29) is 5.56 Å². The van der Waals surface area contributed by atoms with Gasteiger partial charge in [-0.15, -0.1) is 0 Å². The van der Waals surface area contributed by atoms with Crippen molar-refractivity contribution < 1.29 is 0 Å². The van der Waals surface area contributed by atoms with Crippen LogP contribution in [0.5, 0.6) is 0 Å². The zero-order valence-corrected chi connectivity index (χ0v) is 13.5. The fourth-order valence-electron chi connectivity index (χ4n) is 2.81. The minimum absolute atomic E-state index is 0.00826. The van der Waals surface area contributed by atoms with Gasteiger partial charge >= 0.3 is 0 Å². The summed E-state index contributed by atoms with van der Waals surface area (Å²) in [6.07, 6.45) is 9.32. The lowest BCUT2D eigenvalue weighted by Gasteiger charge is -2.25. The van der Waals surface area contributed by atoms with Crippen LogP contribution in [0, 0.1) is 11.8 Å². The molecular formula is C15H22BrN3O. The van der Waals surface area contributed by atoms with Gasteiger partial charge in [0.2, 0.25) is 0 Å². The third-order valence-corrected chi connectivity index (χ3v) is 5.03. The van der Waals surface area contributed by atoms with Crippen LogP contribution in [-0.2, 0) is 6.54 Å². The molecule has 0 aliphatic heterocycles. The third-order valence-electron chi connectivity index (χ3n) is 4.43. The molecule has 0 aromatic carbocycles. The molecule has 0 bridgehead atoms. The van der Waals surface area contributed by atoms with Gasteiger partial charge < -0.3 is 5.32 Å². The lowest BCUT2D eigenvalue weighted by molar-refractivity contribution is 0.262. The summed E-state index contributed by atoms with van der Waals surface area (Å²) < 4.78 is 2.40. The molecule has 4 nitrogen and oxygen atoms in total. The first kappa shape index (κ1) is 14.1. The molecule has 0 saturated heterocycles. The Morgan fingerprint density at radius 2 is 2.15 bits per heavy atom. The molecule has 1 N–H and O–H groups in total. The monoisotopic (exact) mass is 339 g/mol. The summed E-state index contributed by atoms with van der Waals surface area (Å²) in [6, 6.07) is 0.339. The van der Waals surface area contributed by atoms with Crippen LogP contribution in [0.15, 0.2) is 15.5 Å². The van der Waals surface area contributed by atoms with E-state index in [1.54, 1.807) is 10.9 Å². The van der Waals surface area contributed by atoms with E-state index in [0.717, 1.165) is 23.4 Å². The number of hydrogen-bond donors (Lipinski definition) is 1. The molecule has 1 heterocycles. The van der Waals surface area contributed by atoms with Crippen molar-refractivity contribution in [1.29, 1.82) is 0 Å². The summed E-state index contributed by atoms with van der Waals surface area (Å²) in [5.41, 5.74) is 0.682. The van der Waals surface area contributed by atoms with Crippen molar-refractivity contribution in [1.82, 2.24) is 9.78 Å². The minimum atomic E-state index is 0.00826. The highest BCUT2D eigenvalue weighted by atomic mass is 79.9. The van der Waals surface area contributed by atoms with Crippen molar-refractivity contribution in [2.24, 2.45) is 11.8 Å². The fraction of sp³-hybridized carbons (Fsp3) is 0.733. The first-order valence-corrected chi connectivity index (χ1v) is 8.45. The van der Waals surface area contributed by atoms with Gasteiger partial charge in [-0.3, -0.25) is 4.79 Å². The van der Waals surface area contributed by atoms with Gasteiger partial charge in [-0.1, -0.05) is 19.3 Å². The molecule has 1 atom stereocenters. The number of aromatic nitrogens is 2. The molecule has 0 amide bonds. The molecule has 110 valence electrons. The van der Waals surface area contributed by atoms with E-state index in [1.807, 2.05) is 0 Å². The van der Waals surface area contributed by atoms with Crippen LogP contribution in [0.1, 0.15) is 45.4 Å². The average Bonchev–Trinajstić information content (AvgIpc) is 3.15. The van der Waals surface area contributed by atoms with Crippen molar-refractivity contribution in [3.8, 4) is 0 Å². The SMILES string of the molecule is CC(CC1CC1)Nc1c(Br)cnn(CC2CCC2)c1=O. The summed E-state index contributed by atoms with van der Waals surface area (Å²) in [4.78, 5) is 12.5. The van der Waals surface area contributed by atoms with Crippen molar-refractivity contribution >= 4 is 21.6 Å². The Bertz CT molecular complexity index is 534. The Morgan fingerprint density at radius 1 is 1.40 bits per heavy atom. The maximum Gasteiger partial charge on any atom is 0.291 e. The summed E-state index contributed by atoms with van der Waals surface area (Å²) in [6.45, 7) is 2.92. The van der Waals surface area contributed by atoms with E-state index in [0.29, 0.717) is 17.6 Å². The van der Waals surface area contributed by atoms with Crippen molar-refractivity contribution in [2.45, 2.75) is 58.0 Å². The summed E-state index contributed by atoms with van der Waals surface area (Å²) >= 11 is 3.45. The highest BCUT2D eigenvalue weighted by molar-refractivity contribution is 9.10. The van der Waals surface area contributed by atoms with Crippen molar-refractivity contribution in [3.05, 3.63) is 21.0 Å². The van der Waals surface area contributed by atoms with Gasteiger partial charge in [-0.25, -0.2) is 4.68 Å². The molecule has 0 spiro atoms. The second kappa shape index (κ2) is 5.88. The Kier molecular flexibility index (Phi) is 4.15. The van der Waals surface area contributed by atoms with E-state index in [2.05, 4.69) is 33.3 Å². The minimum Gasteiger partial charge on any atom is -0.377 e. The third kappa shape index (κ3) is 3.25. The first-order valence-electron chi connectivity index (χ1n) is 7.65. The zero-order valence-electron chi connectivity index (χ0n) is 11.9. The molecule has 1 aromatic heterocycles. The standard InChI is InChI=1S/C15H22BrN3O/c1-10(7-11-5-6-11)18-14-13(16)8-17-19(15(14)20)9-12-3-2-4-12/h8,10-12,18H,2-7,9H2,1H3. The van der Waals surface area contributed by atoms with Crippen LogP contribution in [0.4, 0.5) is 5.69 Å². The highest BCUT2D eigenvalue weighted by Crippen LogP contribution is 2.34. The topological polar surface area (TPSA) is 46.9 Å². The van der Waals surface area contributed by atoms with E-state index in [1.165, 1.54) is 32.1 Å². The smallest absolute Gasteiger partial charge is 0.291 e. The van der Waals surface area contributed by atoms with Crippen LogP contribution >= 0.6 is 15.9 Å². The van der Waals surface area contributed by atoms with Crippen LogP contribution in [0.25, 0.3) is 0 Å². The maximum absolute atomic E-state index is 12.5. The Labute approximate surface area is 128 Å². The molecule has 0 radical (unpaired) electrons. The summed E-state index contributed by atoms with van der Waals surface area (Å²) in [7, 11) is 0. The zero-order chi connectivity index (χ0) is 14.1. The molecule has 2 fully saturated rings. The molecule has 5 heteroatoms. The number of nitrogens with one attached hydrogen (secondary N) is 1. The number of hydrogen-bond acceptors (Lipinski definition) is 3. The predicted molar refractivity (Wildman–Crippen MR) is 84.0 cm³/mol. The molecule has 1 unspecified atom stereocenters. The Morgan fingerprint density at radius 3 is 2.75 bits per heavy atom. The fourth-order valence-corrected chi connectivity index (χ4v) is 3.18. The predicted octanol–water partition coefficient (Wildman–Crippen LogP) is 3.41. The molecule has 20 heavy (non-hydrogen) atoms. The van der Waals surface area contributed by atoms with Gasteiger partial charge in [0.15, 0.2) is 0 Å². The van der Waals surface area contributed by atoms with Gasteiger partial charge in [0, 0.05) is 12.6 Å². The average molecular weight is 340 g/mol. The lowest BCUT2D eigenvalue weighted by Crippen LogP contribution is -2.32. The quantitative estimate of drug-likeness (QED) is 0.863. The molecule has 3 rings (SSSR count). The van der Waals surface area contributed by atoms with Crippen molar-refractivity contribution in [3.63, 3.8) is 0 Å². The van der Waals surface area contributed by atoms with Crippen LogP contribution in [0.3, 0.4) is 0 Å². The maximum atomic E-state index is 12.5. The van der Waals surface area contributed by atoms with Gasteiger partial charge in [0.1, 0.15) is 5.69 Å². The highest BCUT2D eigenvalue weighted by Gasteiger charge is 2.25. The van der Waals surface area contributed by atoms with Crippen LogP contribution < -0.4 is 10.9 Å². The second-order valence-corrected chi connectivity index (χ2v) is 7.23. The Balaban J connectivity index is 1.73. The van der Waals surface area contributed by atoms with Crippen molar-refractivity contribution in [2.75, 3.05) is 5.32 Å². The van der Waals surface area contributed by atoms with Gasteiger partial charge in [0.25, 0.3) is 5.56 Å². The van der Waals surface area contributed by atoms with Gasteiger partial charge in [-0.2, -0.15) is 5.10 Å². The van der Waals surface area contributed by atoms with Crippen LogP contribution in [-0.4, -0.2) is 15.8 Å². The summed E-state index contributed by atoms with van der Waals surface area (Å²) in [5, 5.41) is 7.64. The number of halogens is 1. The number of nitrogens with zero attached hydrogens (tertiary/aromatic N) is 2. The molecule has 1 aromatic rings. The molecule has 2 saturated carbocycles. The van der Waals surface area contributed by atoms with E-state index < -0.39 is 0 Å². The molecular weight excluding hydrogens is 318 g/mol. The molecule has 2 aliphatic carbocycles. The largest absolute Gasteiger partial charge is 0.377 e. The van der Waals surface area contributed by atoms with Gasteiger partial charge in [0.05, 0.1) is 10.7 Å². The first-order chi connectivity index (χ1) is 9.63.